The first-order valence-corrected chi connectivity index (χ1v) is 12.4. The van der Waals surface area contributed by atoms with E-state index in [2.05, 4.69) is 6.92 Å². The van der Waals surface area contributed by atoms with Crippen LogP contribution in [0.15, 0.2) is 72.3 Å². The van der Waals surface area contributed by atoms with Gasteiger partial charge in [-0.3, -0.25) is 14.5 Å². The lowest BCUT2D eigenvalue weighted by Gasteiger charge is -2.26. The van der Waals surface area contributed by atoms with Gasteiger partial charge in [-0.2, -0.15) is 0 Å². The lowest BCUT2D eigenvalue weighted by Crippen LogP contribution is -2.29. The summed E-state index contributed by atoms with van der Waals surface area (Å²) in [6, 6.07) is 16.9. The number of benzene rings is 3. The van der Waals surface area contributed by atoms with Crippen LogP contribution in [-0.4, -0.2) is 35.6 Å². The van der Waals surface area contributed by atoms with Gasteiger partial charge in [0.2, 0.25) is 0 Å². The van der Waals surface area contributed by atoms with Gasteiger partial charge in [0, 0.05) is 17.3 Å². The van der Waals surface area contributed by atoms with Gasteiger partial charge in [-0.15, -0.1) is 0 Å². The Kier molecular flexibility index (Phi) is 8.04. The topological polar surface area (TPSA) is 96.3 Å². The minimum Gasteiger partial charge on any atom is -0.507 e. The van der Waals surface area contributed by atoms with E-state index in [0.717, 1.165) is 19.3 Å². The van der Waals surface area contributed by atoms with Crippen molar-refractivity contribution >= 4 is 34.7 Å². The molecular formula is C29H28ClNO6. The van der Waals surface area contributed by atoms with Crippen LogP contribution in [0.5, 0.6) is 17.2 Å². The molecule has 0 saturated carbocycles. The van der Waals surface area contributed by atoms with Crippen LogP contribution in [0.1, 0.15) is 43.4 Å². The first kappa shape index (κ1) is 26.1. The number of phenols is 1. The molecule has 1 saturated heterocycles. The largest absolute Gasteiger partial charge is 0.507 e. The Morgan fingerprint density at radius 3 is 2.43 bits per heavy atom. The highest BCUT2D eigenvalue weighted by Gasteiger charge is 2.47. The molecule has 0 aliphatic carbocycles. The molecule has 3 aromatic rings. The number of aliphatic hydroxyl groups is 1. The van der Waals surface area contributed by atoms with E-state index < -0.39 is 17.7 Å². The number of Topliss-reactive ketones (excluding diaryl/α,β-unsaturated/α-hetero) is 1. The van der Waals surface area contributed by atoms with Crippen LogP contribution in [0.4, 0.5) is 5.69 Å². The predicted octanol–water partition coefficient (Wildman–Crippen LogP) is 6.25. The number of unbranched alkanes of at least 4 members (excludes halogenated alkanes) is 2. The van der Waals surface area contributed by atoms with Gasteiger partial charge in [0.25, 0.3) is 11.7 Å². The number of nitrogens with zero attached hydrogens (tertiary/aromatic N) is 1. The monoisotopic (exact) mass is 521 g/mol. The number of aliphatic hydroxyl groups excluding tert-OH is 1. The Bertz CT molecular complexity index is 1330. The summed E-state index contributed by atoms with van der Waals surface area (Å²) in [6.07, 6.45) is 3.12. The molecule has 192 valence electrons. The molecule has 3 aromatic carbocycles. The van der Waals surface area contributed by atoms with Crippen molar-refractivity contribution in [3.63, 3.8) is 0 Å². The maximum atomic E-state index is 13.3. The number of amides is 1. The number of hydrogen-bond acceptors (Lipinski definition) is 6. The maximum Gasteiger partial charge on any atom is 0.300 e. The highest BCUT2D eigenvalue weighted by atomic mass is 35.5. The molecule has 0 bridgehead atoms. The van der Waals surface area contributed by atoms with E-state index in [4.69, 9.17) is 21.1 Å². The SMILES string of the molecule is CCCCCOc1ccc(/C(O)=C2/C(=O)C(=O)N(c3cccc(OC)c3)C2c2ccc(O)c(Cl)c2)cc1. The third-order valence-electron chi connectivity index (χ3n) is 6.21. The summed E-state index contributed by atoms with van der Waals surface area (Å²) >= 11 is 6.18. The number of ether oxygens (including phenoxy) is 2. The molecule has 0 radical (unpaired) electrons. The van der Waals surface area contributed by atoms with Crippen molar-refractivity contribution in [1.29, 1.82) is 0 Å². The number of rotatable bonds is 9. The van der Waals surface area contributed by atoms with E-state index in [1.54, 1.807) is 54.6 Å². The van der Waals surface area contributed by atoms with Gasteiger partial charge < -0.3 is 19.7 Å². The first-order valence-electron chi connectivity index (χ1n) is 12.0. The average molecular weight is 522 g/mol. The summed E-state index contributed by atoms with van der Waals surface area (Å²) < 4.78 is 11.0. The highest BCUT2D eigenvalue weighted by molar-refractivity contribution is 6.51. The van der Waals surface area contributed by atoms with E-state index in [1.165, 1.54) is 24.1 Å². The van der Waals surface area contributed by atoms with Crippen LogP contribution in [0.3, 0.4) is 0 Å². The quantitative estimate of drug-likeness (QED) is 0.149. The zero-order valence-corrected chi connectivity index (χ0v) is 21.4. The molecule has 1 heterocycles. The Morgan fingerprint density at radius 2 is 1.76 bits per heavy atom. The Hall–Kier alpha value is -3.97. The number of hydrogen-bond donors (Lipinski definition) is 2. The van der Waals surface area contributed by atoms with Crippen molar-refractivity contribution in [2.45, 2.75) is 32.2 Å². The van der Waals surface area contributed by atoms with Crippen molar-refractivity contribution in [2.24, 2.45) is 0 Å². The van der Waals surface area contributed by atoms with Crippen LogP contribution in [0, 0.1) is 0 Å². The van der Waals surface area contributed by atoms with Crippen molar-refractivity contribution < 1.29 is 29.3 Å². The van der Waals surface area contributed by atoms with Crippen molar-refractivity contribution in [3.8, 4) is 17.2 Å². The smallest absolute Gasteiger partial charge is 0.300 e. The first-order chi connectivity index (χ1) is 17.8. The highest BCUT2D eigenvalue weighted by Crippen LogP contribution is 2.44. The summed E-state index contributed by atoms with van der Waals surface area (Å²) in [4.78, 5) is 27.9. The number of anilines is 1. The van der Waals surface area contributed by atoms with Gasteiger partial charge in [-0.25, -0.2) is 0 Å². The fourth-order valence-electron chi connectivity index (χ4n) is 4.27. The molecule has 1 unspecified atom stereocenters. The van der Waals surface area contributed by atoms with Crippen molar-refractivity contribution in [2.75, 3.05) is 18.6 Å². The van der Waals surface area contributed by atoms with E-state index >= 15 is 0 Å². The molecule has 1 aliphatic heterocycles. The second kappa shape index (κ2) is 11.4. The molecule has 0 spiro atoms. The Balaban J connectivity index is 1.79. The molecule has 37 heavy (non-hydrogen) atoms. The lowest BCUT2D eigenvalue weighted by atomic mass is 9.95. The molecule has 8 heteroatoms. The Labute approximate surface area is 220 Å². The van der Waals surface area contributed by atoms with Crippen molar-refractivity contribution in [3.05, 3.63) is 88.5 Å². The number of aromatic hydroxyl groups is 1. The second-order valence-electron chi connectivity index (χ2n) is 8.66. The normalized spacial score (nSPS) is 16.7. The maximum absolute atomic E-state index is 13.3. The molecule has 7 nitrogen and oxygen atoms in total. The van der Waals surface area contributed by atoms with Gasteiger partial charge in [-0.05, 0) is 60.5 Å². The fraction of sp³-hybridized carbons (Fsp3) is 0.241. The second-order valence-corrected chi connectivity index (χ2v) is 9.07. The lowest BCUT2D eigenvalue weighted by molar-refractivity contribution is -0.132. The molecule has 1 fully saturated rings. The third-order valence-corrected chi connectivity index (χ3v) is 6.51. The van der Waals surface area contributed by atoms with Crippen LogP contribution < -0.4 is 14.4 Å². The van der Waals surface area contributed by atoms with Crippen LogP contribution in [-0.2, 0) is 9.59 Å². The molecule has 4 rings (SSSR count). The molecule has 2 N–H and O–H groups in total. The molecule has 1 amide bonds. The van der Waals surface area contributed by atoms with Gasteiger partial charge in [-0.1, -0.05) is 43.5 Å². The summed E-state index contributed by atoms with van der Waals surface area (Å²) in [7, 11) is 1.50. The van der Waals surface area contributed by atoms with Crippen molar-refractivity contribution in [1.82, 2.24) is 0 Å². The van der Waals surface area contributed by atoms with Gasteiger partial charge in [0.1, 0.15) is 23.0 Å². The number of carbonyl (C=O) groups excluding carboxylic acids is 2. The molecule has 1 atom stereocenters. The van der Waals surface area contributed by atoms with Crippen LogP contribution >= 0.6 is 11.6 Å². The zero-order valence-electron chi connectivity index (χ0n) is 20.6. The predicted molar refractivity (Wildman–Crippen MR) is 142 cm³/mol. The Morgan fingerprint density at radius 1 is 1.00 bits per heavy atom. The van der Waals surface area contributed by atoms with E-state index in [0.29, 0.717) is 34.9 Å². The van der Waals surface area contributed by atoms with Crippen LogP contribution in [0.25, 0.3) is 5.76 Å². The average Bonchev–Trinajstić information content (AvgIpc) is 3.18. The number of ketones is 1. The number of phenolic OH excluding ortho intramolecular Hbond substituents is 1. The summed E-state index contributed by atoms with van der Waals surface area (Å²) in [5.41, 5.74) is 1.12. The summed E-state index contributed by atoms with van der Waals surface area (Å²) in [6.45, 7) is 2.71. The van der Waals surface area contributed by atoms with Gasteiger partial charge in [0.15, 0.2) is 0 Å². The number of carbonyl (C=O) groups is 2. The summed E-state index contributed by atoms with van der Waals surface area (Å²) in [5.74, 6) is -0.967. The third kappa shape index (κ3) is 5.42. The standard InChI is InChI=1S/C29H28ClNO6/c1-3-4-5-15-37-21-12-9-18(10-13-21)27(33)25-26(19-11-14-24(32)23(30)16-19)31(29(35)28(25)34)20-7-6-8-22(17-20)36-2/h6-14,16-17,26,32-33H,3-5,15H2,1-2H3/b27-25-. The van der Waals surface area contributed by atoms with E-state index in [9.17, 15) is 19.8 Å². The molecule has 0 aromatic heterocycles. The molecular weight excluding hydrogens is 494 g/mol. The molecule has 1 aliphatic rings. The fourth-order valence-corrected chi connectivity index (χ4v) is 4.46. The minimum atomic E-state index is -0.991. The van der Waals surface area contributed by atoms with Gasteiger partial charge >= 0.3 is 0 Å². The van der Waals surface area contributed by atoms with E-state index in [-0.39, 0.29) is 22.1 Å². The number of methoxy groups -OCH3 is 1. The van der Waals surface area contributed by atoms with E-state index in [1.807, 2.05) is 0 Å². The van der Waals surface area contributed by atoms with Gasteiger partial charge in [0.05, 0.1) is 30.4 Å². The number of halogens is 1. The minimum absolute atomic E-state index is 0.0540. The summed E-state index contributed by atoms with van der Waals surface area (Å²) in [5, 5.41) is 21.3. The van der Waals surface area contributed by atoms with Crippen LogP contribution in [0.2, 0.25) is 5.02 Å². The zero-order chi connectivity index (χ0) is 26.5.